The molecular formula is C14H9BrClFN2O3. The van der Waals surface area contributed by atoms with Gasteiger partial charge in [0.15, 0.2) is 5.82 Å². The number of aromatic nitrogens is 1. The van der Waals surface area contributed by atoms with Crippen LogP contribution in [0.4, 0.5) is 10.1 Å². The number of nitrogens with one attached hydrogen (secondary N) is 1. The number of methoxy groups -OCH3 is 1. The Balaban J connectivity index is 2.30. The standard InChI is InChI=1S/C14H9BrClFN2O3/c1-22-14(21)10-6-7(4-5-18-10)19-13(20)11-8(15)2-3-9(16)12(11)17/h2-6H,1H3,(H,18,19,20). The fourth-order valence-corrected chi connectivity index (χ4v) is 2.30. The van der Waals surface area contributed by atoms with E-state index >= 15 is 0 Å². The molecule has 1 N–H and O–H groups in total. The number of esters is 1. The maximum Gasteiger partial charge on any atom is 0.356 e. The van der Waals surface area contributed by atoms with Gasteiger partial charge in [0.2, 0.25) is 0 Å². The molecule has 114 valence electrons. The summed E-state index contributed by atoms with van der Waals surface area (Å²) in [7, 11) is 1.22. The molecule has 1 aromatic carbocycles. The molecule has 0 fully saturated rings. The normalized spacial score (nSPS) is 10.2. The van der Waals surface area contributed by atoms with Crippen LogP contribution in [0.25, 0.3) is 0 Å². The first-order valence-corrected chi connectivity index (χ1v) is 7.10. The molecule has 2 aromatic rings. The minimum absolute atomic E-state index is 0.0194. The number of nitrogens with zero attached hydrogens (tertiary/aromatic N) is 1. The van der Waals surface area contributed by atoms with Gasteiger partial charge in [-0.2, -0.15) is 0 Å². The molecule has 0 saturated carbocycles. The number of carbonyl (C=O) groups is 2. The molecule has 0 aliphatic heterocycles. The smallest absolute Gasteiger partial charge is 0.356 e. The van der Waals surface area contributed by atoms with Crippen molar-refractivity contribution in [3.05, 3.63) is 57.0 Å². The Morgan fingerprint density at radius 2 is 2.09 bits per heavy atom. The van der Waals surface area contributed by atoms with Crippen LogP contribution in [0.5, 0.6) is 0 Å². The Labute approximate surface area is 138 Å². The summed E-state index contributed by atoms with van der Waals surface area (Å²) in [5.74, 6) is -2.20. The van der Waals surface area contributed by atoms with E-state index in [0.717, 1.165) is 0 Å². The SMILES string of the molecule is COC(=O)c1cc(NC(=O)c2c(Br)ccc(Cl)c2F)ccn1. The summed E-state index contributed by atoms with van der Waals surface area (Å²) < 4.78 is 18.8. The van der Waals surface area contributed by atoms with Crippen molar-refractivity contribution in [1.29, 1.82) is 0 Å². The first kappa shape index (κ1) is 16.4. The van der Waals surface area contributed by atoms with Crippen LogP contribution >= 0.6 is 27.5 Å². The number of benzene rings is 1. The second-order valence-corrected chi connectivity index (χ2v) is 5.36. The maximum absolute atomic E-state index is 14.0. The predicted molar refractivity (Wildman–Crippen MR) is 82.6 cm³/mol. The molecule has 1 aromatic heterocycles. The van der Waals surface area contributed by atoms with Crippen LogP contribution in [0, 0.1) is 5.82 Å². The van der Waals surface area contributed by atoms with Crippen molar-refractivity contribution in [1.82, 2.24) is 4.98 Å². The quantitative estimate of drug-likeness (QED) is 0.644. The van der Waals surface area contributed by atoms with Gasteiger partial charge < -0.3 is 10.1 Å². The van der Waals surface area contributed by atoms with Crippen LogP contribution in [0.1, 0.15) is 20.8 Å². The van der Waals surface area contributed by atoms with E-state index in [9.17, 15) is 14.0 Å². The Bertz CT molecular complexity index is 755. The third-order valence-electron chi connectivity index (χ3n) is 2.68. The Morgan fingerprint density at radius 1 is 1.36 bits per heavy atom. The maximum atomic E-state index is 14.0. The number of anilines is 1. The van der Waals surface area contributed by atoms with Crippen molar-refractivity contribution in [3.8, 4) is 0 Å². The van der Waals surface area contributed by atoms with Crippen molar-refractivity contribution >= 4 is 45.1 Å². The molecule has 1 amide bonds. The lowest BCUT2D eigenvalue weighted by Gasteiger charge is -2.09. The number of halogens is 3. The molecular weight excluding hydrogens is 379 g/mol. The van der Waals surface area contributed by atoms with Crippen molar-refractivity contribution in [2.75, 3.05) is 12.4 Å². The lowest BCUT2D eigenvalue weighted by Crippen LogP contribution is -2.15. The summed E-state index contributed by atoms with van der Waals surface area (Å²) in [5, 5.41) is 2.30. The highest BCUT2D eigenvalue weighted by molar-refractivity contribution is 9.10. The summed E-state index contributed by atoms with van der Waals surface area (Å²) in [4.78, 5) is 27.4. The number of carbonyl (C=O) groups excluding carboxylic acids is 2. The number of hydrogen-bond acceptors (Lipinski definition) is 4. The Hall–Kier alpha value is -1.99. The van der Waals surface area contributed by atoms with Crippen LogP contribution in [0.3, 0.4) is 0 Å². The van der Waals surface area contributed by atoms with Gasteiger partial charge >= 0.3 is 5.97 Å². The number of hydrogen-bond donors (Lipinski definition) is 1. The minimum atomic E-state index is -0.837. The average molecular weight is 388 g/mol. The minimum Gasteiger partial charge on any atom is -0.464 e. The zero-order valence-electron chi connectivity index (χ0n) is 11.2. The molecule has 0 spiro atoms. The predicted octanol–water partition coefficient (Wildman–Crippen LogP) is 3.68. The number of ether oxygens (including phenoxy) is 1. The molecule has 0 saturated heterocycles. The number of pyridine rings is 1. The highest BCUT2D eigenvalue weighted by Gasteiger charge is 2.19. The van der Waals surface area contributed by atoms with E-state index in [0.29, 0.717) is 0 Å². The van der Waals surface area contributed by atoms with Crippen molar-refractivity contribution in [2.45, 2.75) is 0 Å². The zero-order valence-corrected chi connectivity index (χ0v) is 13.5. The molecule has 0 bridgehead atoms. The lowest BCUT2D eigenvalue weighted by molar-refractivity contribution is 0.0594. The lowest BCUT2D eigenvalue weighted by atomic mass is 10.2. The molecule has 0 atom stereocenters. The molecule has 22 heavy (non-hydrogen) atoms. The van der Waals surface area contributed by atoms with Crippen LogP contribution in [0.2, 0.25) is 5.02 Å². The fourth-order valence-electron chi connectivity index (χ4n) is 1.65. The highest BCUT2D eigenvalue weighted by Crippen LogP contribution is 2.26. The van der Waals surface area contributed by atoms with Gasteiger partial charge in [0, 0.05) is 16.4 Å². The van der Waals surface area contributed by atoms with E-state index in [1.807, 2.05) is 0 Å². The second kappa shape index (κ2) is 6.85. The van der Waals surface area contributed by atoms with Gasteiger partial charge in [0.1, 0.15) is 5.69 Å². The van der Waals surface area contributed by atoms with Crippen LogP contribution in [-0.2, 0) is 4.74 Å². The van der Waals surface area contributed by atoms with E-state index in [1.165, 1.54) is 37.6 Å². The van der Waals surface area contributed by atoms with Gasteiger partial charge in [-0.25, -0.2) is 14.2 Å². The zero-order chi connectivity index (χ0) is 16.3. The van der Waals surface area contributed by atoms with Gasteiger partial charge in [-0.3, -0.25) is 4.79 Å². The molecule has 5 nitrogen and oxygen atoms in total. The van der Waals surface area contributed by atoms with Crippen LogP contribution in [-0.4, -0.2) is 24.0 Å². The molecule has 0 radical (unpaired) electrons. The highest BCUT2D eigenvalue weighted by atomic mass is 79.9. The van der Waals surface area contributed by atoms with E-state index in [4.69, 9.17) is 11.6 Å². The van der Waals surface area contributed by atoms with Gasteiger partial charge in [0.05, 0.1) is 17.7 Å². The van der Waals surface area contributed by atoms with Crippen molar-refractivity contribution in [2.24, 2.45) is 0 Å². The second-order valence-electron chi connectivity index (χ2n) is 4.09. The van der Waals surface area contributed by atoms with Crippen LogP contribution < -0.4 is 5.32 Å². The molecule has 8 heteroatoms. The number of amides is 1. The third-order valence-corrected chi connectivity index (χ3v) is 3.64. The van der Waals surface area contributed by atoms with Crippen LogP contribution in [0.15, 0.2) is 34.9 Å². The van der Waals surface area contributed by atoms with Gasteiger partial charge in [-0.1, -0.05) is 11.6 Å². The summed E-state index contributed by atoms with van der Waals surface area (Å²) in [5.41, 5.74) is 0.0570. The number of rotatable bonds is 3. The Kier molecular flexibility index (Phi) is 5.10. The van der Waals surface area contributed by atoms with E-state index in [1.54, 1.807) is 0 Å². The first-order valence-electron chi connectivity index (χ1n) is 5.93. The third kappa shape index (κ3) is 3.42. The van der Waals surface area contributed by atoms with Gasteiger partial charge in [0.25, 0.3) is 5.91 Å². The van der Waals surface area contributed by atoms with E-state index in [2.05, 4.69) is 31.0 Å². The average Bonchev–Trinajstić information content (AvgIpc) is 2.51. The summed E-state index contributed by atoms with van der Waals surface area (Å²) >= 11 is 8.77. The Morgan fingerprint density at radius 3 is 2.77 bits per heavy atom. The summed E-state index contributed by atoms with van der Waals surface area (Å²) in [6.07, 6.45) is 1.32. The molecule has 0 aliphatic rings. The first-order chi connectivity index (χ1) is 10.4. The topological polar surface area (TPSA) is 68.3 Å². The monoisotopic (exact) mass is 386 g/mol. The fraction of sp³-hybridized carbons (Fsp3) is 0.0714. The molecule has 0 unspecified atom stereocenters. The van der Waals surface area contributed by atoms with Gasteiger partial charge in [-0.05, 0) is 40.2 Å². The van der Waals surface area contributed by atoms with Gasteiger partial charge in [-0.15, -0.1) is 0 Å². The summed E-state index contributed by atoms with van der Waals surface area (Å²) in [6, 6.07) is 5.58. The van der Waals surface area contributed by atoms with Crippen molar-refractivity contribution < 1.29 is 18.7 Å². The molecule has 0 aliphatic carbocycles. The van der Waals surface area contributed by atoms with E-state index < -0.39 is 17.7 Å². The molecule has 2 rings (SSSR count). The van der Waals surface area contributed by atoms with Crippen molar-refractivity contribution in [3.63, 3.8) is 0 Å². The largest absolute Gasteiger partial charge is 0.464 e. The molecule has 1 heterocycles. The summed E-state index contributed by atoms with van der Waals surface area (Å²) in [6.45, 7) is 0. The van der Waals surface area contributed by atoms with E-state index in [-0.39, 0.29) is 26.4 Å².